The van der Waals surface area contributed by atoms with Gasteiger partial charge >= 0.3 is 0 Å². The summed E-state index contributed by atoms with van der Waals surface area (Å²) in [6.45, 7) is 1.68. The second-order valence-corrected chi connectivity index (χ2v) is 6.66. The highest BCUT2D eigenvalue weighted by atomic mass is 35.5. The monoisotopic (exact) mass is 367 g/mol. The van der Waals surface area contributed by atoms with Gasteiger partial charge in [0.15, 0.2) is 6.61 Å². The molecule has 1 saturated carbocycles. The molecule has 1 aliphatic carbocycles. The summed E-state index contributed by atoms with van der Waals surface area (Å²) in [5, 5.41) is 2.92. The number of ether oxygens (including phenoxy) is 1. The molecule has 6 nitrogen and oxygen atoms in total. The molecule has 0 spiro atoms. The lowest BCUT2D eigenvalue weighted by Gasteiger charge is -2.16. The summed E-state index contributed by atoms with van der Waals surface area (Å²) in [4.78, 5) is 26.1. The highest BCUT2D eigenvalue weighted by Gasteiger charge is 2.27. The molecule has 3 rings (SSSR count). The number of anilines is 1. The molecule has 1 aromatic rings. The number of benzene rings is 1. The van der Waals surface area contributed by atoms with E-state index in [2.05, 4.69) is 5.32 Å². The minimum absolute atomic E-state index is 0. The van der Waals surface area contributed by atoms with E-state index in [1.807, 2.05) is 17.0 Å². The number of likely N-dealkylation sites (tertiary alicyclic amines) is 1. The molecule has 138 valence electrons. The van der Waals surface area contributed by atoms with Crippen molar-refractivity contribution < 1.29 is 14.3 Å². The summed E-state index contributed by atoms with van der Waals surface area (Å²) in [5.41, 5.74) is 6.55. The fraction of sp³-hybridized carbons (Fsp3) is 0.556. The molecule has 0 bridgehead atoms. The Balaban J connectivity index is 0.00000225. The topological polar surface area (TPSA) is 84.7 Å². The number of nitrogens with two attached hydrogens (primary N) is 1. The molecule has 2 amide bonds. The molecular formula is C18H26ClN3O3. The zero-order valence-electron chi connectivity index (χ0n) is 14.3. The van der Waals surface area contributed by atoms with Crippen LogP contribution in [0.4, 0.5) is 5.69 Å². The third-order valence-electron chi connectivity index (χ3n) is 4.77. The second kappa shape index (κ2) is 9.06. The molecule has 0 aromatic heterocycles. The predicted molar refractivity (Wildman–Crippen MR) is 98.9 cm³/mol. The summed E-state index contributed by atoms with van der Waals surface area (Å²) in [6, 6.07) is 7.31. The van der Waals surface area contributed by atoms with Crippen molar-refractivity contribution in [2.24, 2.45) is 11.7 Å². The SMILES string of the molecule is Cl.NC1CCC(C(=O)Nc2cccc(OCC(=O)N3CCCC3)c2)C1. The lowest BCUT2D eigenvalue weighted by atomic mass is 10.1. The highest BCUT2D eigenvalue weighted by molar-refractivity contribution is 5.93. The van der Waals surface area contributed by atoms with Crippen LogP contribution in [0.25, 0.3) is 0 Å². The van der Waals surface area contributed by atoms with Gasteiger partial charge < -0.3 is 20.7 Å². The summed E-state index contributed by atoms with van der Waals surface area (Å²) in [5.74, 6) is 0.597. The lowest BCUT2D eigenvalue weighted by molar-refractivity contribution is -0.132. The van der Waals surface area contributed by atoms with Gasteiger partial charge in [0, 0.05) is 36.8 Å². The smallest absolute Gasteiger partial charge is 0.260 e. The third-order valence-corrected chi connectivity index (χ3v) is 4.77. The van der Waals surface area contributed by atoms with Crippen molar-refractivity contribution in [1.29, 1.82) is 0 Å². The fourth-order valence-electron chi connectivity index (χ4n) is 3.37. The molecule has 2 unspecified atom stereocenters. The van der Waals surface area contributed by atoms with E-state index in [4.69, 9.17) is 10.5 Å². The average Bonchev–Trinajstić information content (AvgIpc) is 3.24. The van der Waals surface area contributed by atoms with Crippen LogP contribution >= 0.6 is 12.4 Å². The molecule has 3 N–H and O–H groups in total. The Kier molecular flexibility index (Phi) is 7.08. The minimum Gasteiger partial charge on any atom is -0.484 e. The van der Waals surface area contributed by atoms with Crippen LogP contribution in [0.3, 0.4) is 0 Å². The van der Waals surface area contributed by atoms with E-state index >= 15 is 0 Å². The van der Waals surface area contributed by atoms with Crippen molar-refractivity contribution in [2.75, 3.05) is 25.0 Å². The number of halogens is 1. The van der Waals surface area contributed by atoms with Crippen molar-refractivity contribution in [2.45, 2.75) is 38.1 Å². The van der Waals surface area contributed by atoms with E-state index in [9.17, 15) is 9.59 Å². The van der Waals surface area contributed by atoms with Gasteiger partial charge in [0.2, 0.25) is 5.91 Å². The Morgan fingerprint density at radius 2 is 2.00 bits per heavy atom. The molecule has 1 aromatic carbocycles. The van der Waals surface area contributed by atoms with E-state index in [0.717, 1.165) is 45.2 Å². The second-order valence-electron chi connectivity index (χ2n) is 6.66. The lowest BCUT2D eigenvalue weighted by Crippen LogP contribution is -2.32. The molecule has 1 aliphatic heterocycles. The molecule has 1 saturated heterocycles. The van der Waals surface area contributed by atoms with Gasteiger partial charge in [0.25, 0.3) is 5.91 Å². The first kappa shape index (κ1) is 19.5. The van der Waals surface area contributed by atoms with Gasteiger partial charge in [-0.15, -0.1) is 12.4 Å². The molecule has 25 heavy (non-hydrogen) atoms. The van der Waals surface area contributed by atoms with Crippen molar-refractivity contribution in [3.8, 4) is 5.75 Å². The molecular weight excluding hydrogens is 342 g/mol. The fourth-order valence-corrected chi connectivity index (χ4v) is 3.37. The third kappa shape index (κ3) is 5.34. The average molecular weight is 368 g/mol. The molecule has 7 heteroatoms. The number of carbonyl (C=O) groups is 2. The normalized spacial score (nSPS) is 22.4. The number of nitrogens with zero attached hydrogens (tertiary/aromatic N) is 1. The van der Waals surface area contributed by atoms with E-state index in [0.29, 0.717) is 11.4 Å². The van der Waals surface area contributed by atoms with Crippen molar-refractivity contribution in [1.82, 2.24) is 4.90 Å². The quantitative estimate of drug-likeness (QED) is 0.835. The molecule has 2 fully saturated rings. The Morgan fingerprint density at radius 3 is 2.68 bits per heavy atom. The van der Waals surface area contributed by atoms with Gasteiger partial charge in [-0.1, -0.05) is 6.07 Å². The van der Waals surface area contributed by atoms with Gasteiger partial charge in [0.05, 0.1) is 0 Å². The van der Waals surface area contributed by atoms with Gasteiger partial charge in [-0.05, 0) is 44.2 Å². The van der Waals surface area contributed by atoms with Crippen LogP contribution in [0.1, 0.15) is 32.1 Å². The van der Waals surface area contributed by atoms with Crippen molar-refractivity contribution >= 4 is 29.9 Å². The first-order valence-electron chi connectivity index (χ1n) is 8.69. The Bertz CT molecular complexity index is 605. The van der Waals surface area contributed by atoms with Gasteiger partial charge in [-0.2, -0.15) is 0 Å². The van der Waals surface area contributed by atoms with E-state index in [-0.39, 0.29) is 42.8 Å². The maximum atomic E-state index is 12.2. The first-order valence-corrected chi connectivity index (χ1v) is 8.69. The van der Waals surface area contributed by atoms with Crippen LogP contribution in [0, 0.1) is 5.92 Å². The van der Waals surface area contributed by atoms with Crippen LogP contribution in [0.15, 0.2) is 24.3 Å². The number of carbonyl (C=O) groups excluding carboxylic acids is 2. The standard InChI is InChI=1S/C18H25N3O3.ClH/c19-14-7-6-13(10-14)18(23)20-15-4-3-5-16(11-15)24-12-17(22)21-8-1-2-9-21;/h3-5,11,13-14H,1-2,6-10,12,19H2,(H,20,23);1H. The highest BCUT2D eigenvalue weighted by Crippen LogP contribution is 2.26. The Hall–Kier alpha value is -1.79. The maximum absolute atomic E-state index is 12.2. The molecule has 2 aliphatic rings. The number of hydrogen-bond donors (Lipinski definition) is 2. The van der Waals surface area contributed by atoms with E-state index < -0.39 is 0 Å². The minimum atomic E-state index is -0.0127. The summed E-state index contributed by atoms with van der Waals surface area (Å²) < 4.78 is 5.58. The van der Waals surface area contributed by atoms with Crippen LogP contribution in [-0.4, -0.2) is 42.5 Å². The van der Waals surface area contributed by atoms with Crippen LogP contribution in [0.2, 0.25) is 0 Å². The number of rotatable bonds is 5. The summed E-state index contributed by atoms with van der Waals surface area (Å²) >= 11 is 0. The van der Waals surface area contributed by atoms with Gasteiger partial charge in [0.1, 0.15) is 5.75 Å². The van der Waals surface area contributed by atoms with Gasteiger partial charge in [-0.3, -0.25) is 9.59 Å². The first-order chi connectivity index (χ1) is 11.6. The van der Waals surface area contributed by atoms with Crippen molar-refractivity contribution in [3.63, 3.8) is 0 Å². The number of nitrogens with one attached hydrogen (secondary N) is 1. The van der Waals surface area contributed by atoms with Crippen molar-refractivity contribution in [3.05, 3.63) is 24.3 Å². The molecule has 2 atom stereocenters. The number of amides is 2. The number of hydrogen-bond acceptors (Lipinski definition) is 4. The van der Waals surface area contributed by atoms with Crippen LogP contribution in [0.5, 0.6) is 5.75 Å². The maximum Gasteiger partial charge on any atom is 0.260 e. The van der Waals surface area contributed by atoms with Crippen LogP contribution in [-0.2, 0) is 9.59 Å². The Labute approximate surface area is 154 Å². The zero-order chi connectivity index (χ0) is 16.9. The molecule has 0 radical (unpaired) electrons. The summed E-state index contributed by atoms with van der Waals surface area (Å²) in [6.07, 6.45) is 4.62. The van der Waals surface area contributed by atoms with Crippen LogP contribution < -0.4 is 15.8 Å². The molecule has 1 heterocycles. The predicted octanol–water partition coefficient (Wildman–Crippen LogP) is 2.18. The largest absolute Gasteiger partial charge is 0.484 e. The van der Waals surface area contributed by atoms with E-state index in [1.54, 1.807) is 12.1 Å². The zero-order valence-corrected chi connectivity index (χ0v) is 15.1. The van der Waals surface area contributed by atoms with Gasteiger partial charge in [-0.25, -0.2) is 0 Å². The Morgan fingerprint density at radius 1 is 1.24 bits per heavy atom. The van der Waals surface area contributed by atoms with E-state index in [1.165, 1.54) is 0 Å². The summed E-state index contributed by atoms with van der Waals surface area (Å²) in [7, 11) is 0.